The molecule has 0 aliphatic carbocycles. The average molecular weight is 285 g/mol. The molecular weight excluding hydrogens is 274 g/mol. The summed E-state index contributed by atoms with van der Waals surface area (Å²) < 4.78 is 1.69. The van der Waals surface area contributed by atoms with Crippen LogP contribution in [0.3, 0.4) is 0 Å². The fourth-order valence-corrected chi connectivity index (χ4v) is 3.34. The topological polar surface area (TPSA) is 60.4 Å². The third kappa shape index (κ3) is 1.27. The molecule has 0 spiro atoms. The number of nitrogens with two attached hydrogens (primary N) is 1. The Morgan fingerprint density at radius 2 is 1.82 bits per heavy atom. The number of hydrogen-bond acceptors (Lipinski definition) is 3. The van der Waals surface area contributed by atoms with Gasteiger partial charge < -0.3 is 5.73 Å². The second kappa shape index (κ2) is 3.74. The number of nitrogens with zero attached hydrogens (tertiary/aromatic N) is 2. The Kier molecular flexibility index (Phi) is 1.96. The Labute approximate surface area is 124 Å². The highest BCUT2D eigenvalue weighted by Gasteiger charge is 2.15. The molecule has 0 amide bonds. The van der Waals surface area contributed by atoms with Crippen LogP contribution in [0.2, 0.25) is 0 Å². The van der Waals surface area contributed by atoms with Gasteiger partial charge in [0.05, 0.1) is 16.4 Å². The molecular formula is C18H11N3O. The minimum absolute atomic E-state index is 0.0697. The highest BCUT2D eigenvalue weighted by atomic mass is 16.1. The van der Waals surface area contributed by atoms with Gasteiger partial charge in [-0.1, -0.05) is 30.3 Å². The number of nitrogen functional groups attached to an aromatic ring is 1. The van der Waals surface area contributed by atoms with E-state index in [0.717, 1.165) is 27.2 Å². The summed E-state index contributed by atoms with van der Waals surface area (Å²) >= 11 is 0. The van der Waals surface area contributed by atoms with Gasteiger partial charge in [-0.25, -0.2) is 4.98 Å². The quantitative estimate of drug-likeness (QED) is 0.444. The summed E-state index contributed by atoms with van der Waals surface area (Å²) in [6, 6.07) is 17.3. The number of rotatable bonds is 0. The molecule has 0 saturated carbocycles. The number of imidazole rings is 1. The molecule has 0 aliphatic heterocycles. The molecule has 3 aromatic carbocycles. The van der Waals surface area contributed by atoms with Crippen LogP contribution in [0.1, 0.15) is 0 Å². The summed E-state index contributed by atoms with van der Waals surface area (Å²) in [7, 11) is 0. The second-order valence-corrected chi connectivity index (χ2v) is 5.54. The molecule has 2 heterocycles. The Balaban J connectivity index is 2.25. The lowest BCUT2D eigenvalue weighted by Gasteiger charge is -2.08. The fraction of sp³-hybridized carbons (Fsp3) is 0. The molecule has 0 unspecified atom stereocenters. The van der Waals surface area contributed by atoms with Gasteiger partial charge in [-0.15, -0.1) is 0 Å². The smallest absolute Gasteiger partial charge is 0.264 e. The number of anilines is 1. The van der Waals surface area contributed by atoms with Crippen LogP contribution in [0.4, 0.5) is 5.69 Å². The SMILES string of the molecule is Nc1cc2cccc3c2c(c1)c(=O)n1c2ccccc2nc31. The van der Waals surface area contributed by atoms with Crippen molar-refractivity contribution in [3.8, 4) is 0 Å². The number of benzene rings is 3. The van der Waals surface area contributed by atoms with Crippen LogP contribution in [-0.2, 0) is 0 Å². The molecule has 5 aromatic rings. The Morgan fingerprint density at radius 1 is 0.955 bits per heavy atom. The van der Waals surface area contributed by atoms with Gasteiger partial charge >= 0.3 is 0 Å². The molecule has 0 bridgehead atoms. The van der Waals surface area contributed by atoms with Crippen molar-refractivity contribution in [3.63, 3.8) is 0 Å². The number of fused-ring (bicyclic) bond motifs is 4. The number of para-hydroxylation sites is 2. The van der Waals surface area contributed by atoms with Gasteiger partial charge in [-0.05, 0) is 29.7 Å². The van der Waals surface area contributed by atoms with Crippen molar-refractivity contribution in [2.75, 3.05) is 5.73 Å². The molecule has 2 aromatic heterocycles. The molecule has 2 N–H and O–H groups in total. The van der Waals surface area contributed by atoms with E-state index in [9.17, 15) is 4.79 Å². The second-order valence-electron chi connectivity index (χ2n) is 5.54. The van der Waals surface area contributed by atoms with Crippen LogP contribution in [-0.4, -0.2) is 9.38 Å². The van der Waals surface area contributed by atoms with Crippen LogP contribution in [0.15, 0.2) is 59.4 Å². The minimum Gasteiger partial charge on any atom is -0.399 e. The summed E-state index contributed by atoms with van der Waals surface area (Å²) in [5.41, 5.74) is 8.85. The van der Waals surface area contributed by atoms with Crippen LogP contribution in [0.25, 0.3) is 38.2 Å². The van der Waals surface area contributed by atoms with Crippen molar-refractivity contribution in [1.29, 1.82) is 0 Å². The standard InChI is InChI=1S/C18H11N3O/c19-11-8-10-4-3-5-12-16(10)13(9-11)18(22)21-15-7-2-1-6-14(15)20-17(12)21/h1-9H,19H2. The number of pyridine rings is 1. The summed E-state index contributed by atoms with van der Waals surface area (Å²) in [5.74, 6) is 0. The third-order valence-electron chi connectivity index (χ3n) is 4.23. The summed E-state index contributed by atoms with van der Waals surface area (Å²) in [4.78, 5) is 17.7. The van der Waals surface area contributed by atoms with E-state index in [1.54, 1.807) is 10.5 Å². The first-order valence-corrected chi connectivity index (χ1v) is 7.09. The van der Waals surface area contributed by atoms with Gasteiger partial charge in [-0.2, -0.15) is 0 Å². The van der Waals surface area contributed by atoms with Crippen LogP contribution in [0.5, 0.6) is 0 Å². The van der Waals surface area contributed by atoms with Gasteiger partial charge in [0.2, 0.25) is 0 Å². The molecule has 5 rings (SSSR count). The summed E-state index contributed by atoms with van der Waals surface area (Å²) in [6.07, 6.45) is 0. The Bertz CT molecular complexity index is 1250. The monoisotopic (exact) mass is 285 g/mol. The molecule has 0 radical (unpaired) electrons. The van der Waals surface area contributed by atoms with E-state index in [-0.39, 0.29) is 5.56 Å². The molecule has 22 heavy (non-hydrogen) atoms. The van der Waals surface area contributed by atoms with Crippen molar-refractivity contribution in [1.82, 2.24) is 9.38 Å². The zero-order valence-electron chi connectivity index (χ0n) is 11.6. The zero-order valence-corrected chi connectivity index (χ0v) is 11.6. The molecule has 0 saturated heterocycles. The van der Waals surface area contributed by atoms with Crippen molar-refractivity contribution in [2.45, 2.75) is 0 Å². The molecule has 0 fully saturated rings. The highest BCUT2D eigenvalue weighted by molar-refractivity contribution is 6.16. The maximum Gasteiger partial charge on any atom is 0.264 e. The van der Waals surface area contributed by atoms with E-state index in [0.29, 0.717) is 16.7 Å². The highest BCUT2D eigenvalue weighted by Crippen LogP contribution is 2.30. The fourth-order valence-electron chi connectivity index (χ4n) is 3.34. The first-order valence-electron chi connectivity index (χ1n) is 7.09. The first-order chi connectivity index (χ1) is 10.7. The normalized spacial score (nSPS) is 12.0. The molecule has 0 aliphatic rings. The predicted molar refractivity (Wildman–Crippen MR) is 89.6 cm³/mol. The van der Waals surface area contributed by atoms with Crippen LogP contribution in [0, 0.1) is 0 Å². The summed E-state index contributed by atoms with van der Waals surface area (Å²) in [6.45, 7) is 0. The molecule has 4 nitrogen and oxygen atoms in total. The van der Waals surface area contributed by atoms with Gasteiger partial charge in [0.1, 0.15) is 5.65 Å². The molecule has 4 heteroatoms. The maximum atomic E-state index is 13.0. The van der Waals surface area contributed by atoms with Crippen LogP contribution >= 0.6 is 0 Å². The van der Waals surface area contributed by atoms with Gasteiger partial charge in [-0.3, -0.25) is 9.20 Å². The van der Waals surface area contributed by atoms with Crippen molar-refractivity contribution >= 4 is 43.9 Å². The van der Waals surface area contributed by atoms with Crippen LogP contribution < -0.4 is 11.3 Å². The largest absolute Gasteiger partial charge is 0.399 e. The Hall–Kier alpha value is -3.14. The van der Waals surface area contributed by atoms with E-state index < -0.39 is 0 Å². The van der Waals surface area contributed by atoms with Crippen molar-refractivity contribution < 1.29 is 0 Å². The van der Waals surface area contributed by atoms with Gasteiger partial charge in [0.15, 0.2) is 0 Å². The van der Waals surface area contributed by atoms with Crippen molar-refractivity contribution in [2.24, 2.45) is 0 Å². The molecule has 0 atom stereocenters. The first kappa shape index (κ1) is 11.5. The zero-order chi connectivity index (χ0) is 14.8. The lowest BCUT2D eigenvalue weighted by molar-refractivity contribution is 1.19. The van der Waals surface area contributed by atoms with E-state index in [1.807, 2.05) is 48.5 Å². The number of hydrogen-bond donors (Lipinski definition) is 1. The van der Waals surface area contributed by atoms with E-state index >= 15 is 0 Å². The predicted octanol–water partition coefficient (Wildman–Crippen LogP) is 3.17. The minimum atomic E-state index is -0.0697. The third-order valence-corrected chi connectivity index (χ3v) is 4.23. The van der Waals surface area contributed by atoms with Gasteiger partial charge in [0, 0.05) is 16.5 Å². The van der Waals surface area contributed by atoms with E-state index in [4.69, 9.17) is 5.73 Å². The Morgan fingerprint density at radius 3 is 2.73 bits per heavy atom. The number of aromatic nitrogens is 2. The average Bonchev–Trinajstić information content (AvgIpc) is 2.91. The lowest BCUT2D eigenvalue weighted by Crippen LogP contribution is -2.13. The maximum absolute atomic E-state index is 13.0. The van der Waals surface area contributed by atoms with E-state index in [2.05, 4.69) is 4.98 Å². The van der Waals surface area contributed by atoms with Gasteiger partial charge in [0.25, 0.3) is 5.56 Å². The summed E-state index contributed by atoms with van der Waals surface area (Å²) in [5, 5.41) is 3.52. The molecule has 104 valence electrons. The van der Waals surface area contributed by atoms with E-state index in [1.165, 1.54) is 0 Å². The van der Waals surface area contributed by atoms with Crippen molar-refractivity contribution in [3.05, 3.63) is 65.0 Å². The lowest BCUT2D eigenvalue weighted by atomic mass is 10.0.